The summed E-state index contributed by atoms with van der Waals surface area (Å²) in [5.74, 6) is 0.604. The monoisotopic (exact) mass is 304 g/mol. The van der Waals surface area contributed by atoms with E-state index in [0.717, 1.165) is 17.7 Å². The topological polar surface area (TPSA) is 78.9 Å². The summed E-state index contributed by atoms with van der Waals surface area (Å²) in [5, 5.41) is 18.5. The van der Waals surface area contributed by atoms with E-state index in [1.165, 1.54) is 16.7 Å². The number of aromatic amines is 1. The molecule has 2 N–H and O–H groups in total. The van der Waals surface area contributed by atoms with E-state index in [2.05, 4.69) is 74.5 Å². The molecule has 23 heavy (non-hydrogen) atoms. The van der Waals surface area contributed by atoms with Crippen molar-refractivity contribution >= 4 is 5.71 Å². The van der Waals surface area contributed by atoms with Gasteiger partial charge in [0.15, 0.2) is 0 Å². The Balaban J connectivity index is 1.49. The van der Waals surface area contributed by atoms with Crippen molar-refractivity contribution in [1.29, 1.82) is 0 Å². The van der Waals surface area contributed by atoms with Crippen LogP contribution in [0.5, 0.6) is 0 Å². The minimum atomic E-state index is 0.200. The van der Waals surface area contributed by atoms with Gasteiger partial charge in [-0.15, -0.1) is 10.2 Å². The van der Waals surface area contributed by atoms with Crippen LogP contribution < -0.4 is 5.43 Å². The van der Waals surface area contributed by atoms with Crippen molar-refractivity contribution in [3.05, 3.63) is 65.2 Å². The molecule has 3 aromatic rings. The highest BCUT2D eigenvalue weighted by atomic mass is 15.5. The third-order valence-corrected chi connectivity index (χ3v) is 4.05. The van der Waals surface area contributed by atoms with E-state index in [4.69, 9.17) is 0 Å². The van der Waals surface area contributed by atoms with Gasteiger partial charge in [-0.2, -0.15) is 10.3 Å². The van der Waals surface area contributed by atoms with E-state index in [-0.39, 0.29) is 6.04 Å². The molecule has 1 aliphatic rings. The fourth-order valence-corrected chi connectivity index (χ4v) is 2.71. The first-order chi connectivity index (χ1) is 11.3. The maximum atomic E-state index is 4.49. The molecule has 1 aliphatic heterocycles. The van der Waals surface area contributed by atoms with Crippen LogP contribution in [0.15, 0.2) is 53.6 Å². The summed E-state index contributed by atoms with van der Waals surface area (Å²) in [6, 6.07) is 16.8. The molecule has 114 valence electrons. The van der Waals surface area contributed by atoms with Crippen molar-refractivity contribution < 1.29 is 0 Å². The van der Waals surface area contributed by atoms with Gasteiger partial charge in [-0.1, -0.05) is 54.1 Å². The van der Waals surface area contributed by atoms with Crippen LogP contribution in [0.4, 0.5) is 0 Å². The molecule has 0 amide bonds. The zero-order chi connectivity index (χ0) is 15.6. The third-order valence-electron chi connectivity index (χ3n) is 4.05. The number of nitrogens with zero attached hydrogens (tertiary/aromatic N) is 4. The molecule has 0 radical (unpaired) electrons. The van der Waals surface area contributed by atoms with Gasteiger partial charge in [0.1, 0.15) is 0 Å². The van der Waals surface area contributed by atoms with Crippen LogP contribution in [0.2, 0.25) is 0 Å². The fourth-order valence-electron chi connectivity index (χ4n) is 2.71. The van der Waals surface area contributed by atoms with Gasteiger partial charge in [0, 0.05) is 12.0 Å². The standard InChI is InChI=1S/C17H16N6/c1-11-2-4-12(5-3-11)15-10-16(19-18-15)13-6-8-14(9-7-13)17-20-22-23-21-17/h2-9,16,19H,10H2,1H3,(H,20,21,22,23). The van der Waals surface area contributed by atoms with Gasteiger partial charge < -0.3 is 5.43 Å². The average Bonchev–Trinajstić information content (AvgIpc) is 3.28. The summed E-state index contributed by atoms with van der Waals surface area (Å²) in [7, 11) is 0. The van der Waals surface area contributed by atoms with Crippen LogP contribution in [0.1, 0.15) is 29.2 Å². The first kappa shape index (κ1) is 13.6. The van der Waals surface area contributed by atoms with Gasteiger partial charge in [0.25, 0.3) is 0 Å². The Labute approximate surface area is 133 Å². The highest BCUT2D eigenvalue weighted by Crippen LogP contribution is 2.26. The smallest absolute Gasteiger partial charge is 0.204 e. The molecule has 0 spiro atoms. The number of hydrazone groups is 1. The SMILES string of the molecule is Cc1ccc(C2=NNC(c3ccc(-c4nn[nH]n4)cc3)C2)cc1. The van der Waals surface area contributed by atoms with Crippen molar-refractivity contribution in [3.8, 4) is 11.4 Å². The molecular formula is C17H16N6. The van der Waals surface area contributed by atoms with Gasteiger partial charge in [0.2, 0.25) is 5.82 Å². The molecule has 2 aromatic carbocycles. The summed E-state index contributed by atoms with van der Waals surface area (Å²) in [4.78, 5) is 0. The summed E-state index contributed by atoms with van der Waals surface area (Å²) in [6.45, 7) is 2.09. The van der Waals surface area contributed by atoms with Crippen LogP contribution in [0.25, 0.3) is 11.4 Å². The van der Waals surface area contributed by atoms with E-state index in [1.807, 2.05) is 12.1 Å². The van der Waals surface area contributed by atoms with Gasteiger partial charge in [0.05, 0.1) is 11.8 Å². The molecule has 2 heterocycles. The zero-order valence-corrected chi connectivity index (χ0v) is 12.7. The minimum Gasteiger partial charge on any atom is -0.302 e. The van der Waals surface area contributed by atoms with Crippen molar-refractivity contribution in [3.63, 3.8) is 0 Å². The van der Waals surface area contributed by atoms with Crippen LogP contribution >= 0.6 is 0 Å². The number of aryl methyl sites for hydroxylation is 1. The highest BCUT2D eigenvalue weighted by molar-refractivity contribution is 6.01. The van der Waals surface area contributed by atoms with E-state index in [9.17, 15) is 0 Å². The average molecular weight is 304 g/mol. The first-order valence-electron chi connectivity index (χ1n) is 7.52. The van der Waals surface area contributed by atoms with E-state index >= 15 is 0 Å². The Hall–Kier alpha value is -3.02. The number of hydrogen-bond donors (Lipinski definition) is 2. The molecule has 0 fully saturated rings. The predicted molar refractivity (Wildman–Crippen MR) is 87.8 cm³/mol. The Morgan fingerprint density at radius 1 is 0.957 bits per heavy atom. The molecule has 1 unspecified atom stereocenters. The highest BCUT2D eigenvalue weighted by Gasteiger charge is 2.21. The third kappa shape index (κ3) is 2.70. The molecule has 0 aliphatic carbocycles. The second-order valence-electron chi connectivity index (χ2n) is 5.67. The second-order valence-corrected chi connectivity index (χ2v) is 5.67. The van der Waals surface area contributed by atoms with Gasteiger partial charge in [-0.3, -0.25) is 0 Å². The summed E-state index contributed by atoms with van der Waals surface area (Å²) >= 11 is 0. The lowest BCUT2D eigenvalue weighted by atomic mass is 9.98. The van der Waals surface area contributed by atoms with Crippen molar-refractivity contribution in [1.82, 2.24) is 26.0 Å². The number of nitrogens with one attached hydrogen (secondary N) is 2. The maximum absolute atomic E-state index is 4.49. The number of tetrazole rings is 1. The Morgan fingerprint density at radius 2 is 1.70 bits per heavy atom. The van der Waals surface area contributed by atoms with Gasteiger partial charge in [-0.25, -0.2) is 0 Å². The Morgan fingerprint density at radius 3 is 2.39 bits per heavy atom. The van der Waals surface area contributed by atoms with Crippen LogP contribution in [0, 0.1) is 6.92 Å². The first-order valence-corrected chi connectivity index (χ1v) is 7.52. The molecule has 1 atom stereocenters. The predicted octanol–water partition coefficient (Wildman–Crippen LogP) is 2.61. The van der Waals surface area contributed by atoms with Crippen molar-refractivity contribution in [2.45, 2.75) is 19.4 Å². The van der Waals surface area contributed by atoms with E-state index in [0.29, 0.717) is 5.82 Å². The van der Waals surface area contributed by atoms with Crippen LogP contribution in [-0.2, 0) is 0 Å². The maximum Gasteiger partial charge on any atom is 0.204 e. The molecule has 1 aromatic heterocycles. The van der Waals surface area contributed by atoms with Gasteiger partial charge >= 0.3 is 0 Å². The van der Waals surface area contributed by atoms with Crippen LogP contribution in [0.3, 0.4) is 0 Å². The number of hydrogen-bond acceptors (Lipinski definition) is 5. The fraction of sp³-hybridized carbons (Fsp3) is 0.176. The van der Waals surface area contributed by atoms with Gasteiger partial charge in [-0.05, 0) is 23.3 Å². The molecule has 0 saturated heterocycles. The molecule has 6 heteroatoms. The largest absolute Gasteiger partial charge is 0.302 e. The molecule has 4 rings (SSSR count). The number of H-pyrrole nitrogens is 1. The van der Waals surface area contributed by atoms with Crippen molar-refractivity contribution in [2.24, 2.45) is 5.10 Å². The number of aromatic nitrogens is 4. The number of rotatable bonds is 3. The van der Waals surface area contributed by atoms with E-state index in [1.54, 1.807) is 0 Å². The Bertz CT molecular complexity index is 819. The zero-order valence-electron chi connectivity index (χ0n) is 12.7. The summed E-state index contributed by atoms with van der Waals surface area (Å²) in [6.07, 6.45) is 0.880. The summed E-state index contributed by atoms with van der Waals surface area (Å²) in [5.41, 5.74) is 8.90. The number of benzene rings is 2. The normalized spacial score (nSPS) is 16.9. The lowest BCUT2D eigenvalue weighted by Crippen LogP contribution is -2.09. The molecule has 0 bridgehead atoms. The molecule has 0 saturated carbocycles. The van der Waals surface area contributed by atoms with Crippen molar-refractivity contribution in [2.75, 3.05) is 0 Å². The van der Waals surface area contributed by atoms with E-state index < -0.39 is 0 Å². The quantitative estimate of drug-likeness (QED) is 0.779. The summed E-state index contributed by atoms with van der Waals surface area (Å²) < 4.78 is 0. The Kier molecular flexibility index (Phi) is 3.34. The molecular weight excluding hydrogens is 288 g/mol. The lowest BCUT2D eigenvalue weighted by molar-refractivity contribution is 0.620. The second kappa shape index (κ2) is 5.64. The van der Waals surface area contributed by atoms with Crippen LogP contribution in [-0.4, -0.2) is 26.3 Å². The minimum absolute atomic E-state index is 0.200. The molecule has 6 nitrogen and oxygen atoms in total. The lowest BCUT2D eigenvalue weighted by Gasteiger charge is -2.10.